The van der Waals surface area contributed by atoms with Crippen molar-refractivity contribution in [2.24, 2.45) is 7.05 Å². The van der Waals surface area contributed by atoms with Gasteiger partial charge in [-0.05, 0) is 11.6 Å². The third kappa shape index (κ3) is 1.83. The Morgan fingerprint density at radius 1 is 1.40 bits per heavy atom. The van der Waals surface area contributed by atoms with Gasteiger partial charge >= 0.3 is 0 Å². The Balaban J connectivity index is 2.45. The van der Waals surface area contributed by atoms with Gasteiger partial charge in [-0.15, -0.1) is 0 Å². The van der Waals surface area contributed by atoms with Gasteiger partial charge in [0.05, 0.1) is 11.9 Å². The van der Waals surface area contributed by atoms with Gasteiger partial charge < -0.3 is 16.4 Å². The number of nitrogen functional groups attached to an aromatic ring is 1. The Morgan fingerprint density at radius 3 is 2.80 bits per heavy atom. The molecular formula is C10H12N4O. The second-order valence-electron chi connectivity index (χ2n) is 3.36. The van der Waals surface area contributed by atoms with Gasteiger partial charge in [-0.25, -0.2) is 0 Å². The van der Waals surface area contributed by atoms with Crippen LogP contribution in [0.3, 0.4) is 0 Å². The second kappa shape index (κ2) is 3.72. The normalized spacial score (nSPS) is 10.5. The molecule has 2 aromatic rings. The first-order valence-corrected chi connectivity index (χ1v) is 4.54. The van der Waals surface area contributed by atoms with Gasteiger partial charge in [-0.1, -0.05) is 6.07 Å². The predicted molar refractivity (Wildman–Crippen MR) is 58.0 cm³/mol. The quantitative estimate of drug-likeness (QED) is 0.547. The minimum atomic E-state index is 0.498. The molecule has 0 saturated heterocycles. The lowest BCUT2D eigenvalue weighted by atomic mass is 10.1. The van der Waals surface area contributed by atoms with Gasteiger partial charge in [0.15, 0.2) is 5.69 Å². The molecule has 5 nitrogen and oxygen atoms in total. The zero-order chi connectivity index (χ0) is 10.8. The fourth-order valence-electron chi connectivity index (χ4n) is 1.43. The first-order chi connectivity index (χ1) is 7.20. The molecule has 0 unspecified atom stereocenters. The van der Waals surface area contributed by atoms with Gasteiger partial charge in [0.1, 0.15) is 0 Å². The van der Waals surface area contributed by atoms with E-state index in [9.17, 15) is 5.21 Å². The Hall–Kier alpha value is -1.85. The average molecular weight is 204 g/mol. The van der Waals surface area contributed by atoms with E-state index >= 15 is 0 Å². The SMILES string of the molecule is Cn1cc(-c2ccc(N)c([NH2+][O-])c2)cn1. The van der Waals surface area contributed by atoms with E-state index in [2.05, 4.69) is 5.10 Å². The first kappa shape index (κ1) is 9.70. The molecule has 1 aromatic carbocycles. The third-order valence-electron chi connectivity index (χ3n) is 2.25. The molecule has 0 aliphatic heterocycles. The van der Waals surface area contributed by atoms with Crippen molar-refractivity contribution < 1.29 is 5.48 Å². The molecule has 0 saturated carbocycles. The summed E-state index contributed by atoms with van der Waals surface area (Å²) in [6.07, 6.45) is 3.64. The largest absolute Gasteiger partial charge is 0.630 e. The second-order valence-corrected chi connectivity index (χ2v) is 3.36. The van der Waals surface area contributed by atoms with E-state index < -0.39 is 0 Å². The molecule has 1 heterocycles. The summed E-state index contributed by atoms with van der Waals surface area (Å²) in [6.45, 7) is 0. The van der Waals surface area contributed by atoms with Crippen LogP contribution in [0.1, 0.15) is 0 Å². The summed E-state index contributed by atoms with van der Waals surface area (Å²) in [4.78, 5) is 0. The van der Waals surface area contributed by atoms with Gasteiger partial charge in [-0.2, -0.15) is 5.10 Å². The van der Waals surface area contributed by atoms with Crippen LogP contribution in [0.15, 0.2) is 30.6 Å². The molecule has 2 rings (SSSR count). The standard InChI is InChI=1S/C10H12N4O/c1-14-6-8(5-12-14)7-2-3-9(11)10(4-7)13-15/h2-6H,11,13H2,1H3. The van der Waals surface area contributed by atoms with Crippen LogP contribution in [0, 0.1) is 5.21 Å². The molecule has 1 aromatic heterocycles. The number of nitrogens with two attached hydrogens (primary N) is 2. The van der Waals surface area contributed by atoms with Crippen LogP contribution in [0.2, 0.25) is 0 Å². The van der Waals surface area contributed by atoms with E-state index in [4.69, 9.17) is 5.73 Å². The van der Waals surface area contributed by atoms with Crippen molar-refractivity contribution in [3.63, 3.8) is 0 Å². The van der Waals surface area contributed by atoms with Gasteiger partial charge in [0.25, 0.3) is 0 Å². The number of hydrogen-bond donors (Lipinski definition) is 2. The lowest BCUT2D eigenvalue weighted by Gasteiger charge is -2.06. The summed E-state index contributed by atoms with van der Waals surface area (Å²) in [5.74, 6) is 0. The van der Waals surface area contributed by atoms with Gasteiger partial charge in [-0.3, -0.25) is 4.68 Å². The number of hydrogen-bond acceptors (Lipinski definition) is 3. The predicted octanol–water partition coefficient (Wildman–Crippen LogP) is 0.362. The fourth-order valence-corrected chi connectivity index (χ4v) is 1.43. The van der Waals surface area contributed by atoms with Crippen molar-refractivity contribution in [3.8, 4) is 11.1 Å². The molecule has 0 atom stereocenters. The van der Waals surface area contributed by atoms with Crippen LogP contribution in [0.25, 0.3) is 11.1 Å². The van der Waals surface area contributed by atoms with Gasteiger partial charge in [0, 0.05) is 24.9 Å². The number of aryl methyl sites for hydroxylation is 1. The maximum absolute atomic E-state index is 10.7. The summed E-state index contributed by atoms with van der Waals surface area (Å²) in [5, 5.41) is 14.8. The van der Waals surface area contributed by atoms with E-state index in [1.165, 1.54) is 0 Å². The van der Waals surface area contributed by atoms with E-state index in [0.717, 1.165) is 16.6 Å². The van der Waals surface area contributed by atoms with Crippen molar-refractivity contribution in [2.45, 2.75) is 0 Å². The summed E-state index contributed by atoms with van der Waals surface area (Å²) in [6, 6.07) is 5.37. The van der Waals surface area contributed by atoms with Crippen molar-refractivity contribution in [2.75, 3.05) is 5.73 Å². The molecular weight excluding hydrogens is 192 g/mol. The monoisotopic (exact) mass is 204 g/mol. The zero-order valence-electron chi connectivity index (χ0n) is 8.34. The number of benzene rings is 1. The highest BCUT2D eigenvalue weighted by molar-refractivity contribution is 5.71. The van der Waals surface area contributed by atoms with E-state index in [1.54, 1.807) is 23.0 Å². The molecule has 0 bridgehead atoms. The molecule has 0 amide bonds. The van der Waals surface area contributed by atoms with Crippen molar-refractivity contribution >= 4 is 11.4 Å². The number of aromatic nitrogens is 2. The number of nitrogens with zero attached hydrogens (tertiary/aromatic N) is 2. The molecule has 5 heteroatoms. The highest BCUT2D eigenvalue weighted by atomic mass is 16.5. The Kier molecular flexibility index (Phi) is 2.40. The Labute approximate surface area is 87.1 Å². The third-order valence-corrected chi connectivity index (χ3v) is 2.25. The van der Waals surface area contributed by atoms with E-state index in [-0.39, 0.29) is 0 Å². The van der Waals surface area contributed by atoms with Crippen molar-refractivity contribution in [3.05, 3.63) is 35.8 Å². The minimum Gasteiger partial charge on any atom is -0.630 e. The topological polar surface area (TPSA) is 83.5 Å². The molecule has 0 spiro atoms. The van der Waals surface area contributed by atoms with Crippen molar-refractivity contribution in [1.82, 2.24) is 9.78 Å². The fraction of sp³-hybridized carbons (Fsp3) is 0.100. The van der Waals surface area contributed by atoms with Crippen LogP contribution >= 0.6 is 0 Å². The maximum atomic E-state index is 10.7. The summed E-state index contributed by atoms with van der Waals surface area (Å²) in [5.41, 5.74) is 9.32. The smallest absolute Gasteiger partial charge is 0.153 e. The average Bonchev–Trinajstić information content (AvgIpc) is 2.66. The molecule has 78 valence electrons. The van der Waals surface area contributed by atoms with Crippen LogP contribution in [-0.2, 0) is 7.05 Å². The van der Waals surface area contributed by atoms with Crippen LogP contribution in [0.4, 0.5) is 11.4 Å². The lowest BCUT2D eigenvalue weighted by Crippen LogP contribution is -2.70. The molecule has 0 aliphatic rings. The molecule has 0 aliphatic carbocycles. The number of quaternary nitrogens is 1. The highest BCUT2D eigenvalue weighted by Gasteiger charge is 2.05. The lowest BCUT2D eigenvalue weighted by molar-refractivity contribution is -0.496. The maximum Gasteiger partial charge on any atom is 0.153 e. The van der Waals surface area contributed by atoms with Crippen LogP contribution in [0.5, 0.6) is 0 Å². The Bertz CT molecular complexity index is 478. The summed E-state index contributed by atoms with van der Waals surface area (Å²) in [7, 11) is 1.85. The number of rotatable bonds is 2. The highest BCUT2D eigenvalue weighted by Crippen LogP contribution is 2.23. The number of anilines is 1. The summed E-state index contributed by atoms with van der Waals surface area (Å²) >= 11 is 0. The zero-order valence-corrected chi connectivity index (χ0v) is 8.34. The van der Waals surface area contributed by atoms with Gasteiger partial charge in [0.2, 0.25) is 0 Å². The summed E-state index contributed by atoms with van der Waals surface area (Å²) < 4.78 is 1.71. The van der Waals surface area contributed by atoms with Crippen molar-refractivity contribution in [1.29, 1.82) is 0 Å². The van der Waals surface area contributed by atoms with E-state index in [0.29, 0.717) is 11.4 Å². The molecule has 0 radical (unpaired) electrons. The van der Waals surface area contributed by atoms with Crippen LogP contribution in [-0.4, -0.2) is 9.78 Å². The molecule has 4 N–H and O–H groups in total. The molecule has 0 fully saturated rings. The van der Waals surface area contributed by atoms with Crippen LogP contribution < -0.4 is 11.2 Å². The minimum absolute atomic E-state index is 0.498. The molecule has 15 heavy (non-hydrogen) atoms. The first-order valence-electron chi connectivity index (χ1n) is 4.54. The van der Waals surface area contributed by atoms with E-state index in [1.807, 2.05) is 19.3 Å². The Morgan fingerprint density at radius 2 is 2.20 bits per heavy atom.